The third-order valence-electron chi connectivity index (χ3n) is 3.18. The summed E-state index contributed by atoms with van der Waals surface area (Å²) in [6.07, 6.45) is -0.425. The molecule has 1 atom stereocenters. The summed E-state index contributed by atoms with van der Waals surface area (Å²) in [4.78, 5) is 0.318. The molecule has 1 fully saturated rings. The van der Waals surface area contributed by atoms with Crippen molar-refractivity contribution in [3.8, 4) is 0 Å². The SMILES string of the molecule is Cc1ccc(S(=O)(=O)N2C(C)OCC2(C)C)cc1. The molecule has 5 heteroatoms. The Balaban J connectivity index is 2.45. The average Bonchev–Trinajstić information content (AvgIpc) is 2.53. The van der Waals surface area contributed by atoms with Gasteiger partial charge in [0.25, 0.3) is 0 Å². The molecule has 18 heavy (non-hydrogen) atoms. The smallest absolute Gasteiger partial charge is 0.245 e. The number of aryl methyl sites for hydroxylation is 1. The lowest BCUT2D eigenvalue weighted by Crippen LogP contribution is -2.47. The van der Waals surface area contributed by atoms with Crippen LogP contribution >= 0.6 is 0 Å². The maximum atomic E-state index is 12.6. The molecular formula is C13H19NO3S. The van der Waals surface area contributed by atoms with Crippen molar-refractivity contribution in [2.45, 2.75) is 44.4 Å². The predicted molar refractivity (Wildman–Crippen MR) is 69.7 cm³/mol. The van der Waals surface area contributed by atoms with Gasteiger partial charge in [-0.3, -0.25) is 0 Å². The van der Waals surface area contributed by atoms with Gasteiger partial charge in [0.1, 0.15) is 6.23 Å². The molecule has 100 valence electrons. The highest BCUT2D eigenvalue weighted by Gasteiger charge is 2.46. The zero-order valence-corrected chi connectivity index (χ0v) is 12.0. The topological polar surface area (TPSA) is 46.6 Å². The van der Waals surface area contributed by atoms with Crippen LogP contribution in [-0.2, 0) is 14.8 Å². The minimum atomic E-state index is -3.50. The number of sulfonamides is 1. The summed E-state index contributed by atoms with van der Waals surface area (Å²) in [6.45, 7) is 7.87. The van der Waals surface area contributed by atoms with E-state index in [-0.39, 0.29) is 0 Å². The van der Waals surface area contributed by atoms with Crippen LogP contribution in [-0.4, -0.2) is 31.1 Å². The molecule has 4 nitrogen and oxygen atoms in total. The molecule has 0 N–H and O–H groups in total. The predicted octanol–water partition coefficient (Wildman–Crippen LogP) is 2.14. The molecule has 1 aromatic rings. The van der Waals surface area contributed by atoms with Gasteiger partial charge in [0.15, 0.2) is 0 Å². The van der Waals surface area contributed by atoms with Crippen molar-refractivity contribution in [2.75, 3.05) is 6.61 Å². The minimum absolute atomic E-state index is 0.318. The Morgan fingerprint density at radius 3 is 2.28 bits per heavy atom. The van der Waals surface area contributed by atoms with E-state index in [1.165, 1.54) is 4.31 Å². The van der Waals surface area contributed by atoms with E-state index in [2.05, 4.69) is 0 Å². The van der Waals surface area contributed by atoms with Gasteiger partial charge in [-0.2, -0.15) is 4.31 Å². The number of hydrogen-bond donors (Lipinski definition) is 0. The summed E-state index contributed by atoms with van der Waals surface area (Å²) < 4.78 is 32.1. The molecule has 1 saturated heterocycles. The van der Waals surface area contributed by atoms with E-state index in [1.54, 1.807) is 19.1 Å². The number of rotatable bonds is 2. The van der Waals surface area contributed by atoms with Crippen molar-refractivity contribution < 1.29 is 13.2 Å². The summed E-state index contributed by atoms with van der Waals surface area (Å²) in [5, 5.41) is 0. The largest absolute Gasteiger partial charge is 0.360 e. The van der Waals surface area contributed by atoms with Gasteiger partial charge in [-0.25, -0.2) is 8.42 Å². The van der Waals surface area contributed by atoms with Gasteiger partial charge in [0.05, 0.1) is 17.0 Å². The summed E-state index contributed by atoms with van der Waals surface area (Å²) in [5.41, 5.74) is 0.530. The van der Waals surface area contributed by atoms with E-state index in [9.17, 15) is 8.42 Å². The van der Waals surface area contributed by atoms with Crippen LogP contribution in [0.25, 0.3) is 0 Å². The van der Waals surface area contributed by atoms with Crippen LogP contribution in [0.15, 0.2) is 29.2 Å². The molecule has 0 spiro atoms. The molecular weight excluding hydrogens is 250 g/mol. The van der Waals surface area contributed by atoms with Crippen LogP contribution in [0.3, 0.4) is 0 Å². The minimum Gasteiger partial charge on any atom is -0.360 e. The Morgan fingerprint density at radius 1 is 1.28 bits per heavy atom. The van der Waals surface area contributed by atoms with Gasteiger partial charge in [0.2, 0.25) is 10.0 Å². The van der Waals surface area contributed by atoms with E-state index in [0.29, 0.717) is 11.5 Å². The number of benzene rings is 1. The van der Waals surface area contributed by atoms with E-state index in [0.717, 1.165) is 5.56 Å². The molecule has 1 aromatic carbocycles. The van der Waals surface area contributed by atoms with E-state index < -0.39 is 21.8 Å². The standard InChI is InChI=1S/C13H19NO3S/c1-10-5-7-12(8-6-10)18(15,16)14-11(2)17-9-13(14,3)4/h5-8,11H,9H2,1-4H3. The second-order valence-corrected chi connectivity index (χ2v) is 7.15. The van der Waals surface area contributed by atoms with Gasteiger partial charge < -0.3 is 4.74 Å². The fourth-order valence-corrected chi connectivity index (χ4v) is 4.15. The average molecular weight is 269 g/mol. The van der Waals surface area contributed by atoms with Crippen LogP contribution in [0.2, 0.25) is 0 Å². The molecule has 0 aromatic heterocycles. The highest BCUT2D eigenvalue weighted by atomic mass is 32.2. The van der Waals surface area contributed by atoms with Crippen molar-refractivity contribution in [3.63, 3.8) is 0 Å². The Bertz CT molecular complexity index is 534. The van der Waals surface area contributed by atoms with Crippen molar-refractivity contribution >= 4 is 10.0 Å². The van der Waals surface area contributed by atoms with Gasteiger partial charge in [-0.05, 0) is 39.8 Å². The fraction of sp³-hybridized carbons (Fsp3) is 0.538. The summed E-state index contributed by atoms with van der Waals surface area (Å²) >= 11 is 0. The lowest BCUT2D eigenvalue weighted by Gasteiger charge is -2.30. The van der Waals surface area contributed by atoms with Crippen LogP contribution in [0.1, 0.15) is 26.3 Å². The maximum Gasteiger partial charge on any atom is 0.245 e. The maximum absolute atomic E-state index is 12.6. The normalized spacial score (nSPS) is 24.3. The van der Waals surface area contributed by atoms with Gasteiger partial charge >= 0.3 is 0 Å². The Hall–Kier alpha value is -0.910. The first kappa shape index (κ1) is 13.5. The first-order valence-electron chi connectivity index (χ1n) is 5.98. The Morgan fingerprint density at radius 2 is 1.83 bits per heavy atom. The number of nitrogens with zero attached hydrogens (tertiary/aromatic N) is 1. The fourth-order valence-electron chi connectivity index (χ4n) is 2.29. The molecule has 0 amide bonds. The lowest BCUT2D eigenvalue weighted by molar-refractivity contribution is 0.0843. The second-order valence-electron chi connectivity index (χ2n) is 5.34. The molecule has 0 radical (unpaired) electrons. The highest BCUT2D eigenvalue weighted by Crippen LogP contribution is 2.33. The Kier molecular flexibility index (Phi) is 3.25. The third-order valence-corrected chi connectivity index (χ3v) is 5.36. The van der Waals surface area contributed by atoms with Gasteiger partial charge in [-0.1, -0.05) is 17.7 Å². The van der Waals surface area contributed by atoms with Gasteiger partial charge in [-0.15, -0.1) is 0 Å². The van der Waals surface area contributed by atoms with E-state index >= 15 is 0 Å². The molecule has 0 saturated carbocycles. The van der Waals surface area contributed by atoms with E-state index in [1.807, 2.05) is 32.9 Å². The molecule has 2 rings (SSSR count). The van der Waals surface area contributed by atoms with Crippen molar-refractivity contribution in [1.29, 1.82) is 0 Å². The highest BCUT2D eigenvalue weighted by molar-refractivity contribution is 7.89. The van der Waals surface area contributed by atoms with Crippen LogP contribution in [0, 0.1) is 6.92 Å². The molecule has 1 unspecified atom stereocenters. The molecule has 1 aliphatic rings. The third kappa shape index (κ3) is 2.18. The van der Waals surface area contributed by atoms with Crippen molar-refractivity contribution in [3.05, 3.63) is 29.8 Å². The summed E-state index contributed by atoms with van der Waals surface area (Å²) in [7, 11) is -3.50. The van der Waals surface area contributed by atoms with Crippen LogP contribution in [0.4, 0.5) is 0 Å². The monoisotopic (exact) mass is 269 g/mol. The zero-order valence-electron chi connectivity index (χ0n) is 11.2. The van der Waals surface area contributed by atoms with E-state index in [4.69, 9.17) is 4.74 Å². The zero-order chi connectivity index (χ0) is 13.6. The Labute approximate surface area is 109 Å². The molecule has 1 aliphatic heterocycles. The van der Waals surface area contributed by atoms with Crippen LogP contribution in [0.5, 0.6) is 0 Å². The first-order valence-corrected chi connectivity index (χ1v) is 7.42. The lowest BCUT2D eigenvalue weighted by atomic mass is 10.1. The first-order chi connectivity index (χ1) is 8.25. The van der Waals surface area contributed by atoms with Crippen LogP contribution < -0.4 is 0 Å². The van der Waals surface area contributed by atoms with Crippen molar-refractivity contribution in [2.24, 2.45) is 0 Å². The quantitative estimate of drug-likeness (QED) is 0.826. The number of ether oxygens (including phenoxy) is 1. The molecule has 0 aliphatic carbocycles. The number of hydrogen-bond acceptors (Lipinski definition) is 3. The summed E-state index contributed by atoms with van der Waals surface area (Å²) in [6, 6.07) is 6.90. The van der Waals surface area contributed by atoms with Crippen molar-refractivity contribution in [1.82, 2.24) is 4.31 Å². The second kappa shape index (κ2) is 4.33. The summed E-state index contributed by atoms with van der Waals surface area (Å²) in [5.74, 6) is 0. The molecule has 1 heterocycles. The van der Waals surface area contributed by atoms with Gasteiger partial charge in [0, 0.05) is 0 Å². The molecule has 0 bridgehead atoms.